The molecule has 178 valence electrons. The van der Waals surface area contributed by atoms with E-state index in [1.807, 2.05) is 0 Å². The van der Waals surface area contributed by atoms with Crippen LogP contribution in [0.25, 0.3) is 0 Å². The lowest BCUT2D eigenvalue weighted by Crippen LogP contribution is -3.05. The summed E-state index contributed by atoms with van der Waals surface area (Å²) in [5, 5.41) is 14.5. The number of rotatable bonds is 20. The van der Waals surface area contributed by atoms with E-state index < -0.39 is 17.8 Å². The maximum atomic E-state index is 12.3. The zero-order valence-electron chi connectivity index (χ0n) is 20.6. The van der Waals surface area contributed by atoms with E-state index in [0.717, 1.165) is 25.8 Å². The van der Waals surface area contributed by atoms with E-state index in [1.54, 1.807) is 6.92 Å². The van der Waals surface area contributed by atoms with Gasteiger partial charge in [0, 0.05) is 30.8 Å². The second-order valence-corrected chi connectivity index (χ2v) is 9.63. The number of hydrogen-bond acceptors (Lipinski definition) is 3. The van der Waals surface area contributed by atoms with Crippen molar-refractivity contribution in [1.29, 1.82) is 0 Å². The predicted molar refractivity (Wildman–Crippen MR) is 123 cm³/mol. The summed E-state index contributed by atoms with van der Waals surface area (Å²) in [6, 6.07) is 0. The van der Waals surface area contributed by atoms with Gasteiger partial charge in [-0.05, 0) is 12.3 Å². The van der Waals surface area contributed by atoms with Crippen LogP contribution in [0.15, 0.2) is 0 Å². The average Bonchev–Trinajstić information content (AvgIpc) is 2.69. The molecule has 0 aromatic carbocycles. The van der Waals surface area contributed by atoms with Crippen molar-refractivity contribution >= 4 is 11.9 Å². The lowest BCUT2D eigenvalue weighted by Gasteiger charge is -2.27. The van der Waals surface area contributed by atoms with Crippen molar-refractivity contribution in [2.75, 3.05) is 27.2 Å². The van der Waals surface area contributed by atoms with Gasteiger partial charge in [0.1, 0.15) is 0 Å². The number of carboxylic acids is 1. The van der Waals surface area contributed by atoms with Crippen LogP contribution in [-0.2, 0) is 9.59 Å². The van der Waals surface area contributed by atoms with Crippen LogP contribution in [0.3, 0.4) is 0 Å². The van der Waals surface area contributed by atoms with E-state index in [9.17, 15) is 14.7 Å². The summed E-state index contributed by atoms with van der Waals surface area (Å²) in [6.07, 6.45) is 15.5. The van der Waals surface area contributed by atoms with Crippen molar-refractivity contribution in [3.8, 4) is 0 Å². The highest BCUT2D eigenvalue weighted by Gasteiger charge is 2.26. The highest BCUT2D eigenvalue weighted by Crippen LogP contribution is 2.24. The first-order valence-corrected chi connectivity index (χ1v) is 12.6. The minimum absolute atomic E-state index is 0.163. The second kappa shape index (κ2) is 18.7. The fraction of sp³-hybridized carbons (Fsp3) is 0.920. The van der Waals surface area contributed by atoms with Crippen LogP contribution in [0.5, 0.6) is 0 Å². The van der Waals surface area contributed by atoms with Gasteiger partial charge in [0.2, 0.25) is 5.91 Å². The number of quaternary nitrogens is 1. The van der Waals surface area contributed by atoms with Crippen LogP contribution < -0.4 is 15.3 Å². The molecule has 0 radical (unpaired) electrons. The maximum Gasteiger partial charge on any atom is 0.223 e. The van der Waals surface area contributed by atoms with Crippen LogP contribution in [0.1, 0.15) is 104 Å². The summed E-state index contributed by atoms with van der Waals surface area (Å²) >= 11 is 0. The first-order valence-electron chi connectivity index (χ1n) is 12.6. The van der Waals surface area contributed by atoms with E-state index >= 15 is 0 Å². The normalized spacial score (nSPS) is 14.5. The molecule has 0 aliphatic carbocycles. The number of carboxylic acid groups (broad SMARTS) is 1. The van der Waals surface area contributed by atoms with Crippen molar-refractivity contribution in [3.63, 3.8) is 0 Å². The van der Waals surface area contributed by atoms with Gasteiger partial charge in [-0.3, -0.25) is 4.79 Å². The van der Waals surface area contributed by atoms with Gasteiger partial charge in [0.25, 0.3) is 0 Å². The van der Waals surface area contributed by atoms with E-state index in [0.29, 0.717) is 18.9 Å². The highest BCUT2D eigenvalue weighted by molar-refractivity contribution is 5.83. The largest absolute Gasteiger partial charge is 0.550 e. The molecular weight excluding hydrogens is 376 g/mol. The van der Waals surface area contributed by atoms with E-state index in [1.165, 1.54) is 62.7 Å². The van der Waals surface area contributed by atoms with Crippen molar-refractivity contribution < 1.29 is 19.6 Å². The van der Waals surface area contributed by atoms with Gasteiger partial charge in [-0.1, -0.05) is 91.4 Å². The molecule has 0 fully saturated rings. The Balaban J connectivity index is 4.02. The first kappa shape index (κ1) is 28.9. The lowest BCUT2D eigenvalue weighted by molar-refractivity contribution is -0.858. The van der Waals surface area contributed by atoms with E-state index in [2.05, 4.69) is 33.3 Å². The first-order chi connectivity index (χ1) is 14.3. The van der Waals surface area contributed by atoms with Gasteiger partial charge in [-0.15, -0.1) is 0 Å². The summed E-state index contributed by atoms with van der Waals surface area (Å²) < 4.78 is 0. The predicted octanol–water partition coefficient (Wildman–Crippen LogP) is 2.98. The molecule has 0 aliphatic rings. The Morgan fingerprint density at radius 1 is 0.867 bits per heavy atom. The monoisotopic (exact) mass is 426 g/mol. The van der Waals surface area contributed by atoms with Crippen LogP contribution in [0.2, 0.25) is 0 Å². The van der Waals surface area contributed by atoms with Crippen LogP contribution in [-0.4, -0.2) is 39.1 Å². The summed E-state index contributed by atoms with van der Waals surface area (Å²) in [5.41, 5.74) is 0. The third-order valence-electron chi connectivity index (χ3n) is 6.18. The van der Waals surface area contributed by atoms with Crippen LogP contribution in [0.4, 0.5) is 0 Å². The smallest absolute Gasteiger partial charge is 0.223 e. The van der Waals surface area contributed by atoms with Gasteiger partial charge in [-0.25, -0.2) is 0 Å². The molecule has 5 heteroatoms. The third kappa shape index (κ3) is 15.7. The fourth-order valence-corrected chi connectivity index (χ4v) is 4.03. The molecule has 0 aromatic heterocycles. The molecule has 3 atom stereocenters. The number of carbonyl (C=O) groups excluding carboxylic acids is 2. The van der Waals surface area contributed by atoms with Gasteiger partial charge >= 0.3 is 0 Å². The molecular formula is C25H50N2O3. The van der Waals surface area contributed by atoms with Gasteiger partial charge < -0.3 is 20.1 Å². The molecule has 0 saturated carbocycles. The number of amides is 1. The van der Waals surface area contributed by atoms with E-state index in [-0.39, 0.29) is 5.91 Å². The highest BCUT2D eigenvalue weighted by atomic mass is 16.4. The maximum absolute atomic E-state index is 12.3. The van der Waals surface area contributed by atoms with Crippen molar-refractivity contribution in [2.45, 2.75) is 104 Å². The zero-order valence-corrected chi connectivity index (χ0v) is 20.6. The number of carbonyl (C=O) groups is 2. The summed E-state index contributed by atoms with van der Waals surface area (Å²) in [6.45, 7) is 7.66. The minimum atomic E-state index is -1.09. The molecule has 0 saturated heterocycles. The molecule has 5 nitrogen and oxygen atoms in total. The van der Waals surface area contributed by atoms with Crippen molar-refractivity contribution in [2.24, 2.45) is 17.8 Å². The van der Waals surface area contributed by atoms with Gasteiger partial charge in [-0.2, -0.15) is 0 Å². The second-order valence-electron chi connectivity index (χ2n) is 9.63. The summed E-state index contributed by atoms with van der Waals surface area (Å²) in [4.78, 5) is 25.3. The fourth-order valence-electron chi connectivity index (χ4n) is 4.03. The van der Waals surface area contributed by atoms with Crippen molar-refractivity contribution in [1.82, 2.24) is 5.32 Å². The van der Waals surface area contributed by atoms with Gasteiger partial charge in [0.05, 0.1) is 20.6 Å². The summed E-state index contributed by atoms with van der Waals surface area (Å²) in [7, 11) is 4.15. The van der Waals surface area contributed by atoms with Gasteiger partial charge in [0.15, 0.2) is 0 Å². The number of aliphatic carboxylic acids is 1. The molecule has 0 spiro atoms. The molecule has 1 amide bonds. The Morgan fingerprint density at radius 3 is 1.90 bits per heavy atom. The minimum Gasteiger partial charge on any atom is -0.550 e. The Bertz CT molecular complexity index is 440. The Kier molecular flexibility index (Phi) is 18.0. The van der Waals surface area contributed by atoms with Crippen molar-refractivity contribution in [3.05, 3.63) is 0 Å². The number of nitrogens with one attached hydrogen (secondary N) is 2. The molecule has 0 rings (SSSR count). The molecule has 2 N–H and O–H groups in total. The standard InChI is InChI=1S/C25H50N2O3/c1-6-7-8-9-10-11-12-13-14-15-17-21(2)20-23(25(29)30)22(3)24(28)26-18-16-19-27(4)5/h21-23H,6-20H2,1-5H3,(H,26,28)(H,29,30)/t21-,22?,23?/m1/s1. The molecule has 0 bridgehead atoms. The average molecular weight is 427 g/mol. The molecule has 0 aromatic rings. The van der Waals surface area contributed by atoms with E-state index in [4.69, 9.17) is 0 Å². The molecule has 0 heterocycles. The number of unbranched alkanes of at least 4 members (excludes halogenated alkanes) is 9. The SMILES string of the molecule is CCCCCCCCCCCC[C@@H](C)CC(C(=O)[O-])C(C)C(=O)NCCC[NH+](C)C. The Labute approximate surface area is 186 Å². The summed E-state index contributed by atoms with van der Waals surface area (Å²) in [5.74, 6) is -2.21. The van der Waals surface area contributed by atoms with Crippen LogP contribution in [0, 0.1) is 17.8 Å². The lowest BCUT2D eigenvalue weighted by atomic mass is 9.83. The topological polar surface area (TPSA) is 73.7 Å². The molecule has 0 aliphatic heterocycles. The Hall–Kier alpha value is -1.10. The molecule has 2 unspecified atom stereocenters. The molecule has 30 heavy (non-hydrogen) atoms. The third-order valence-corrected chi connectivity index (χ3v) is 6.18. The quantitative estimate of drug-likeness (QED) is 0.294. The zero-order chi connectivity index (χ0) is 22.8. The number of hydrogen-bond donors (Lipinski definition) is 2. The van der Waals surface area contributed by atoms with Crippen LogP contribution >= 0.6 is 0 Å². The Morgan fingerprint density at radius 2 is 1.40 bits per heavy atom.